The largest absolute Gasteiger partial charge is 0.0713 e. The molecule has 0 atom stereocenters. The van der Waals surface area contributed by atoms with Gasteiger partial charge in [-0.05, 0) is 51.4 Å². The minimum Gasteiger partial charge on any atom is -0.0622 e. The van der Waals surface area contributed by atoms with E-state index in [9.17, 15) is 0 Å². The molecule has 0 N–H and O–H groups in total. The highest BCUT2D eigenvalue weighted by atomic mass is 14.5. The molecule has 152 valence electrons. The van der Waals surface area contributed by atoms with Gasteiger partial charge in [-0.1, -0.05) is 133 Å². The molecule has 6 rings (SSSR count). The molecule has 32 heavy (non-hydrogen) atoms. The first-order valence-corrected chi connectivity index (χ1v) is 11.2. The van der Waals surface area contributed by atoms with E-state index in [1.807, 2.05) is 0 Å². The Labute approximate surface area is 189 Å². The standard InChI is InChI=1S/C32H24/c1-23-20-21-28-30(22-23)32(25-14-7-3-8-15-25,26-16-9-4-10-17-26)29-19-11-18-27(31(28)29)24-12-5-2-6-13-24/h2-22H,1H3. The van der Waals surface area contributed by atoms with Crippen LogP contribution in [0, 0.1) is 6.92 Å². The Morgan fingerprint density at radius 3 is 1.69 bits per heavy atom. The van der Waals surface area contributed by atoms with Crippen molar-refractivity contribution in [3.05, 3.63) is 155 Å². The van der Waals surface area contributed by atoms with Gasteiger partial charge >= 0.3 is 0 Å². The van der Waals surface area contributed by atoms with E-state index < -0.39 is 0 Å². The van der Waals surface area contributed by atoms with Crippen LogP contribution < -0.4 is 0 Å². The lowest BCUT2D eigenvalue weighted by Gasteiger charge is -2.34. The summed E-state index contributed by atoms with van der Waals surface area (Å²) in [6, 6.07) is 46.5. The Morgan fingerprint density at radius 2 is 1.06 bits per heavy atom. The molecule has 0 saturated heterocycles. The molecule has 0 saturated carbocycles. The summed E-state index contributed by atoms with van der Waals surface area (Å²) in [6.07, 6.45) is 0. The van der Waals surface area contributed by atoms with Crippen LogP contribution in [0.3, 0.4) is 0 Å². The zero-order chi connectivity index (χ0) is 21.5. The van der Waals surface area contributed by atoms with Crippen LogP contribution in [0.25, 0.3) is 22.3 Å². The van der Waals surface area contributed by atoms with Crippen LogP contribution in [0.5, 0.6) is 0 Å². The van der Waals surface area contributed by atoms with Gasteiger partial charge in [0.1, 0.15) is 0 Å². The van der Waals surface area contributed by atoms with Gasteiger partial charge in [-0.3, -0.25) is 0 Å². The third-order valence-corrected chi connectivity index (χ3v) is 6.82. The van der Waals surface area contributed by atoms with E-state index in [4.69, 9.17) is 0 Å². The SMILES string of the molecule is Cc1ccc2c(c1)C(c1ccccc1)(c1ccccc1)c1cccc(-c3ccccc3)c1-2. The first kappa shape index (κ1) is 18.8. The molecule has 5 aromatic carbocycles. The van der Waals surface area contributed by atoms with Crippen LogP contribution in [0.4, 0.5) is 0 Å². The molecule has 1 aliphatic carbocycles. The van der Waals surface area contributed by atoms with Gasteiger partial charge in [0.2, 0.25) is 0 Å². The van der Waals surface area contributed by atoms with Gasteiger partial charge in [0.25, 0.3) is 0 Å². The number of hydrogen-bond acceptors (Lipinski definition) is 0. The maximum Gasteiger partial charge on any atom is 0.0713 e. The molecule has 0 nitrogen and oxygen atoms in total. The van der Waals surface area contributed by atoms with Gasteiger partial charge < -0.3 is 0 Å². The predicted molar refractivity (Wildman–Crippen MR) is 134 cm³/mol. The Morgan fingerprint density at radius 1 is 0.469 bits per heavy atom. The number of rotatable bonds is 3. The molecule has 0 amide bonds. The summed E-state index contributed by atoms with van der Waals surface area (Å²) in [5.74, 6) is 0. The maximum atomic E-state index is 2.39. The van der Waals surface area contributed by atoms with Crippen molar-refractivity contribution in [2.45, 2.75) is 12.3 Å². The highest BCUT2D eigenvalue weighted by molar-refractivity contribution is 5.95. The van der Waals surface area contributed by atoms with E-state index in [0.717, 1.165) is 0 Å². The zero-order valence-electron chi connectivity index (χ0n) is 18.1. The van der Waals surface area contributed by atoms with Crippen molar-refractivity contribution in [1.82, 2.24) is 0 Å². The Balaban J connectivity index is 1.80. The molecule has 5 aromatic rings. The lowest BCUT2D eigenvalue weighted by atomic mass is 9.67. The van der Waals surface area contributed by atoms with Gasteiger partial charge in [-0.2, -0.15) is 0 Å². The van der Waals surface area contributed by atoms with Gasteiger partial charge in [0.05, 0.1) is 5.41 Å². The molecule has 0 spiro atoms. The summed E-state index contributed by atoms with van der Waals surface area (Å²) in [7, 11) is 0. The lowest BCUT2D eigenvalue weighted by molar-refractivity contribution is 0.767. The van der Waals surface area contributed by atoms with Crippen molar-refractivity contribution >= 4 is 0 Å². The fourth-order valence-electron chi connectivity index (χ4n) is 5.51. The van der Waals surface area contributed by atoms with E-state index in [1.165, 1.54) is 50.1 Å². The maximum absolute atomic E-state index is 2.39. The van der Waals surface area contributed by atoms with E-state index in [0.29, 0.717) is 0 Å². The van der Waals surface area contributed by atoms with E-state index >= 15 is 0 Å². The number of fused-ring (bicyclic) bond motifs is 3. The Kier molecular flexibility index (Phi) is 4.33. The molecule has 1 aliphatic rings. The second-order valence-corrected chi connectivity index (χ2v) is 8.63. The minimum atomic E-state index is -0.343. The van der Waals surface area contributed by atoms with Crippen LogP contribution in [-0.4, -0.2) is 0 Å². The van der Waals surface area contributed by atoms with Gasteiger partial charge in [-0.15, -0.1) is 0 Å². The highest BCUT2D eigenvalue weighted by Crippen LogP contribution is 2.58. The molecule has 0 aromatic heterocycles. The first-order valence-electron chi connectivity index (χ1n) is 11.2. The zero-order valence-corrected chi connectivity index (χ0v) is 18.1. The van der Waals surface area contributed by atoms with Gasteiger partial charge in [0, 0.05) is 0 Å². The van der Waals surface area contributed by atoms with Crippen molar-refractivity contribution in [1.29, 1.82) is 0 Å². The van der Waals surface area contributed by atoms with E-state index in [1.54, 1.807) is 0 Å². The Hall–Kier alpha value is -3.90. The molecular formula is C32H24. The van der Waals surface area contributed by atoms with Crippen molar-refractivity contribution in [3.63, 3.8) is 0 Å². The summed E-state index contributed by atoms with van der Waals surface area (Å²) in [5.41, 5.74) is 11.5. The second-order valence-electron chi connectivity index (χ2n) is 8.63. The molecule has 0 unspecified atom stereocenters. The monoisotopic (exact) mass is 408 g/mol. The average molecular weight is 409 g/mol. The smallest absolute Gasteiger partial charge is 0.0622 e. The summed E-state index contributed by atoms with van der Waals surface area (Å²) >= 11 is 0. The average Bonchev–Trinajstić information content (AvgIpc) is 3.16. The van der Waals surface area contributed by atoms with Crippen LogP contribution >= 0.6 is 0 Å². The fourth-order valence-corrected chi connectivity index (χ4v) is 5.51. The van der Waals surface area contributed by atoms with Crippen LogP contribution in [-0.2, 0) is 5.41 Å². The molecular weight excluding hydrogens is 384 g/mol. The molecule has 0 heterocycles. The van der Waals surface area contributed by atoms with Crippen molar-refractivity contribution < 1.29 is 0 Å². The first-order chi connectivity index (χ1) is 15.8. The summed E-state index contributed by atoms with van der Waals surface area (Å²) < 4.78 is 0. The lowest BCUT2D eigenvalue weighted by Crippen LogP contribution is -2.28. The van der Waals surface area contributed by atoms with Crippen LogP contribution in [0.2, 0.25) is 0 Å². The quantitative estimate of drug-likeness (QED) is 0.278. The second kappa shape index (κ2) is 7.35. The third kappa shape index (κ3) is 2.63. The normalized spacial score (nSPS) is 13.4. The summed E-state index contributed by atoms with van der Waals surface area (Å²) in [5, 5.41) is 0. The summed E-state index contributed by atoms with van der Waals surface area (Å²) in [6.45, 7) is 2.20. The summed E-state index contributed by atoms with van der Waals surface area (Å²) in [4.78, 5) is 0. The number of aryl methyl sites for hydroxylation is 1. The molecule has 0 radical (unpaired) electrons. The Bertz CT molecular complexity index is 1360. The third-order valence-electron chi connectivity index (χ3n) is 6.82. The number of benzene rings is 5. The minimum absolute atomic E-state index is 0.343. The number of hydrogen-bond donors (Lipinski definition) is 0. The van der Waals surface area contributed by atoms with E-state index in [-0.39, 0.29) is 5.41 Å². The van der Waals surface area contributed by atoms with Crippen molar-refractivity contribution in [3.8, 4) is 22.3 Å². The molecule has 0 bridgehead atoms. The topological polar surface area (TPSA) is 0 Å². The van der Waals surface area contributed by atoms with E-state index in [2.05, 4.69) is 134 Å². The molecule has 0 fully saturated rings. The van der Waals surface area contributed by atoms with Crippen LogP contribution in [0.15, 0.2) is 127 Å². The molecule has 0 heteroatoms. The highest BCUT2D eigenvalue weighted by Gasteiger charge is 2.46. The molecule has 0 aliphatic heterocycles. The van der Waals surface area contributed by atoms with Crippen molar-refractivity contribution in [2.24, 2.45) is 0 Å². The van der Waals surface area contributed by atoms with Crippen molar-refractivity contribution in [2.75, 3.05) is 0 Å². The fraction of sp³-hybridized carbons (Fsp3) is 0.0625. The predicted octanol–water partition coefficient (Wildman–Crippen LogP) is 8.03. The van der Waals surface area contributed by atoms with Gasteiger partial charge in [-0.25, -0.2) is 0 Å². The van der Waals surface area contributed by atoms with Crippen LogP contribution in [0.1, 0.15) is 27.8 Å². The van der Waals surface area contributed by atoms with Gasteiger partial charge in [0.15, 0.2) is 0 Å².